The van der Waals surface area contributed by atoms with Gasteiger partial charge in [0.15, 0.2) is 0 Å². The van der Waals surface area contributed by atoms with E-state index in [2.05, 4.69) is 21.2 Å². The highest BCUT2D eigenvalue weighted by Gasteiger charge is 2.10. The molecule has 0 fully saturated rings. The van der Waals surface area contributed by atoms with E-state index in [1.165, 1.54) is 12.1 Å². The first-order chi connectivity index (χ1) is 5.65. The third-order valence-electron chi connectivity index (χ3n) is 1.53. The van der Waals surface area contributed by atoms with Crippen LogP contribution in [0.5, 0.6) is 0 Å². The first-order valence-electron chi connectivity index (χ1n) is 3.45. The molecule has 1 aromatic rings. The summed E-state index contributed by atoms with van der Waals surface area (Å²) in [6.07, 6.45) is -0.956. The van der Waals surface area contributed by atoms with Crippen molar-refractivity contribution in [1.29, 1.82) is 0 Å². The molecule has 0 saturated carbocycles. The number of nitrogens with one attached hydrogen (secondary N) is 1. The SMILES string of the molecule is CNC(O)c1cc(Br)ccc1F. The van der Waals surface area contributed by atoms with Gasteiger partial charge in [-0.3, -0.25) is 5.32 Å². The predicted octanol–water partition coefficient (Wildman–Crippen LogP) is 1.80. The molecule has 0 spiro atoms. The molecule has 1 rings (SSSR count). The van der Waals surface area contributed by atoms with Crippen molar-refractivity contribution in [3.63, 3.8) is 0 Å². The van der Waals surface area contributed by atoms with Gasteiger partial charge < -0.3 is 5.11 Å². The fraction of sp³-hybridized carbons (Fsp3) is 0.250. The summed E-state index contributed by atoms with van der Waals surface area (Å²) in [6, 6.07) is 4.43. The maximum absolute atomic E-state index is 13.0. The summed E-state index contributed by atoms with van der Waals surface area (Å²) < 4.78 is 13.7. The van der Waals surface area contributed by atoms with Gasteiger partial charge in [0.2, 0.25) is 0 Å². The second-order valence-corrected chi connectivity index (χ2v) is 3.27. The molecular formula is C8H9BrFNO. The molecule has 0 radical (unpaired) electrons. The van der Waals surface area contributed by atoms with Crippen molar-refractivity contribution in [3.8, 4) is 0 Å². The lowest BCUT2D eigenvalue weighted by Crippen LogP contribution is -2.16. The van der Waals surface area contributed by atoms with E-state index in [9.17, 15) is 9.50 Å². The zero-order chi connectivity index (χ0) is 9.14. The minimum absolute atomic E-state index is 0.242. The van der Waals surface area contributed by atoms with Gasteiger partial charge in [0.25, 0.3) is 0 Å². The van der Waals surface area contributed by atoms with Gasteiger partial charge in [-0.15, -0.1) is 0 Å². The van der Waals surface area contributed by atoms with Gasteiger partial charge in [-0.25, -0.2) is 4.39 Å². The number of aliphatic hydroxyl groups is 1. The zero-order valence-electron chi connectivity index (χ0n) is 6.51. The van der Waals surface area contributed by atoms with Crippen molar-refractivity contribution in [2.75, 3.05) is 7.05 Å². The smallest absolute Gasteiger partial charge is 0.133 e. The number of benzene rings is 1. The van der Waals surface area contributed by atoms with Crippen LogP contribution in [-0.2, 0) is 0 Å². The Morgan fingerprint density at radius 2 is 2.25 bits per heavy atom. The zero-order valence-corrected chi connectivity index (χ0v) is 8.10. The fourth-order valence-corrected chi connectivity index (χ4v) is 1.26. The van der Waals surface area contributed by atoms with Crippen LogP contribution in [0.4, 0.5) is 4.39 Å². The lowest BCUT2D eigenvalue weighted by Gasteiger charge is -2.10. The topological polar surface area (TPSA) is 32.3 Å². The van der Waals surface area contributed by atoms with Crippen molar-refractivity contribution in [2.45, 2.75) is 6.23 Å². The first kappa shape index (κ1) is 9.64. The second-order valence-electron chi connectivity index (χ2n) is 2.36. The van der Waals surface area contributed by atoms with Crippen LogP contribution in [0.1, 0.15) is 11.8 Å². The van der Waals surface area contributed by atoms with Crippen LogP contribution < -0.4 is 5.32 Å². The lowest BCUT2D eigenvalue weighted by molar-refractivity contribution is 0.145. The highest BCUT2D eigenvalue weighted by molar-refractivity contribution is 9.10. The van der Waals surface area contributed by atoms with Crippen LogP contribution in [0.3, 0.4) is 0 Å². The molecule has 0 bridgehead atoms. The molecule has 4 heteroatoms. The Morgan fingerprint density at radius 1 is 1.58 bits per heavy atom. The predicted molar refractivity (Wildman–Crippen MR) is 48.1 cm³/mol. The van der Waals surface area contributed by atoms with Gasteiger partial charge in [0.1, 0.15) is 12.0 Å². The Kier molecular flexibility index (Phi) is 3.20. The van der Waals surface area contributed by atoms with E-state index in [4.69, 9.17) is 0 Å². The van der Waals surface area contributed by atoms with Crippen molar-refractivity contribution < 1.29 is 9.50 Å². The Balaban J connectivity index is 3.04. The van der Waals surface area contributed by atoms with Gasteiger partial charge in [0.05, 0.1) is 0 Å². The largest absolute Gasteiger partial charge is 0.374 e. The summed E-state index contributed by atoms with van der Waals surface area (Å²) in [5.41, 5.74) is 0.242. The van der Waals surface area contributed by atoms with Crippen LogP contribution >= 0.6 is 15.9 Å². The monoisotopic (exact) mass is 233 g/mol. The third kappa shape index (κ3) is 2.03. The minimum atomic E-state index is -0.956. The lowest BCUT2D eigenvalue weighted by atomic mass is 10.2. The molecule has 2 N–H and O–H groups in total. The summed E-state index contributed by atoms with van der Waals surface area (Å²) in [6.45, 7) is 0. The van der Waals surface area contributed by atoms with E-state index < -0.39 is 12.0 Å². The van der Waals surface area contributed by atoms with Gasteiger partial charge >= 0.3 is 0 Å². The molecule has 1 unspecified atom stereocenters. The summed E-state index contributed by atoms with van der Waals surface area (Å²) in [7, 11) is 1.56. The summed E-state index contributed by atoms with van der Waals surface area (Å²) >= 11 is 3.19. The number of aliphatic hydroxyl groups excluding tert-OH is 1. The molecule has 0 amide bonds. The maximum Gasteiger partial charge on any atom is 0.133 e. The molecule has 2 nitrogen and oxygen atoms in total. The molecule has 12 heavy (non-hydrogen) atoms. The number of halogens is 2. The van der Waals surface area contributed by atoms with Crippen molar-refractivity contribution in [3.05, 3.63) is 34.1 Å². The summed E-state index contributed by atoms with van der Waals surface area (Å²) in [5.74, 6) is -0.417. The molecule has 0 aliphatic heterocycles. The Bertz CT molecular complexity index is 280. The molecule has 0 saturated heterocycles. The van der Waals surface area contributed by atoms with Gasteiger partial charge in [-0.05, 0) is 25.2 Å². The third-order valence-corrected chi connectivity index (χ3v) is 2.02. The van der Waals surface area contributed by atoms with Crippen LogP contribution in [0.2, 0.25) is 0 Å². The van der Waals surface area contributed by atoms with E-state index in [1.807, 2.05) is 0 Å². The van der Waals surface area contributed by atoms with Crippen molar-refractivity contribution >= 4 is 15.9 Å². The maximum atomic E-state index is 13.0. The van der Waals surface area contributed by atoms with Crippen LogP contribution in [-0.4, -0.2) is 12.2 Å². The Labute approximate surface area is 78.5 Å². The highest BCUT2D eigenvalue weighted by Crippen LogP contribution is 2.19. The van der Waals surface area contributed by atoms with Crippen molar-refractivity contribution in [2.24, 2.45) is 0 Å². The van der Waals surface area contributed by atoms with Crippen LogP contribution in [0, 0.1) is 5.82 Å². The van der Waals surface area contributed by atoms with E-state index in [1.54, 1.807) is 13.1 Å². The van der Waals surface area contributed by atoms with Gasteiger partial charge in [-0.2, -0.15) is 0 Å². The summed E-state index contributed by atoms with van der Waals surface area (Å²) in [5, 5.41) is 11.8. The molecule has 0 heterocycles. The van der Waals surface area contributed by atoms with E-state index in [0.717, 1.165) is 4.47 Å². The second kappa shape index (κ2) is 3.98. The molecule has 66 valence electrons. The highest BCUT2D eigenvalue weighted by atomic mass is 79.9. The molecule has 0 aromatic heterocycles. The van der Waals surface area contributed by atoms with Gasteiger partial charge in [-0.1, -0.05) is 15.9 Å². The van der Waals surface area contributed by atoms with Crippen LogP contribution in [0.15, 0.2) is 22.7 Å². The number of rotatable bonds is 2. The number of hydrogen-bond donors (Lipinski definition) is 2. The number of hydrogen-bond acceptors (Lipinski definition) is 2. The van der Waals surface area contributed by atoms with E-state index >= 15 is 0 Å². The molecule has 1 atom stereocenters. The molecule has 1 aromatic carbocycles. The average molecular weight is 234 g/mol. The molecular weight excluding hydrogens is 225 g/mol. The Morgan fingerprint density at radius 3 is 2.83 bits per heavy atom. The van der Waals surface area contributed by atoms with E-state index in [0.29, 0.717) is 0 Å². The summed E-state index contributed by atoms with van der Waals surface area (Å²) in [4.78, 5) is 0. The fourth-order valence-electron chi connectivity index (χ4n) is 0.880. The van der Waals surface area contributed by atoms with E-state index in [-0.39, 0.29) is 5.56 Å². The van der Waals surface area contributed by atoms with Crippen molar-refractivity contribution in [1.82, 2.24) is 5.32 Å². The van der Waals surface area contributed by atoms with Gasteiger partial charge in [0, 0.05) is 10.0 Å². The first-order valence-corrected chi connectivity index (χ1v) is 4.24. The molecule has 0 aliphatic carbocycles. The standard InChI is InChI=1S/C8H9BrFNO/c1-11-8(12)6-4-5(9)2-3-7(6)10/h2-4,8,11-12H,1H3. The average Bonchev–Trinajstić information content (AvgIpc) is 2.08. The Hall–Kier alpha value is -0.450. The molecule has 0 aliphatic rings. The minimum Gasteiger partial charge on any atom is -0.374 e. The quantitative estimate of drug-likeness (QED) is 0.764. The normalized spacial score (nSPS) is 13.0. The van der Waals surface area contributed by atoms with Crippen LogP contribution in [0.25, 0.3) is 0 Å².